The Morgan fingerprint density at radius 3 is 2.59 bits per heavy atom. The largest absolute Gasteiger partial charge is 0.507 e. The molecule has 1 aromatic carbocycles. The van der Waals surface area contributed by atoms with Crippen LogP contribution in [0.25, 0.3) is 5.69 Å². The summed E-state index contributed by atoms with van der Waals surface area (Å²) < 4.78 is 7.07. The number of phenolic OH excluding ortho intramolecular Hbond substituents is 1. The van der Waals surface area contributed by atoms with Crippen molar-refractivity contribution < 1.29 is 24.5 Å². The maximum atomic E-state index is 12.6. The number of benzene rings is 1. The highest BCUT2D eigenvalue weighted by atomic mass is 16.5. The Morgan fingerprint density at radius 2 is 1.90 bits per heavy atom. The second-order valence-electron chi connectivity index (χ2n) is 6.75. The van der Waals surface area contributed by atoms with Crippen LogP contribution >= 0.6 is 0 Å². The van der Waals surface area contributed by atoms with Crippen LogP contribution in [0.1, 0.15) is 10.4 Å². The predicted molar refractivity (Wildman–Crippen MR) is 106 cm³/mol. The van der Waals surface area contributed by atoms with Gasteiger partial charge in [-0.05, 0) is 30.3 Å². The van der Waals surface area contributed by atoms with Gasteiger partial charge in [0, 0.05) is 44.3 Å². The molecule has 1 saturated heterocycles. The molecule has 1 aliphatic heterocycles. The highest BCUT2D eigenvalue weighted by Crippen LogP contribution is 2.21. The summed E-state index contributed by atoms with van der Waals surface area (Å²) in [5, 5.41) is 24.8. The van der Waals surface area contributed by atoms with Crippen molar-refractivity contribution in [3.8, 4) is 11.4 Å². The zero-order chi connectivity index (χ0) is 20.6. The number of ether oxygens (including phenoxy) is 1. The van der Waals surface area contributed by atoms with Crippen molar-refractivity contribution >= 4 is 11.8 Å². The fraction of sp³-hybridized carbons (Fsp3) is 0.400. The van der Waals surface area contributed by atoms with E-state index >= 15 is 0 Å². The molecule has 0 bridgehead atoms. The van der Waals surface area contributed by atoms with Crippen molar-refractivity contribution in [2.24, 2.45) is 0 Å². The van der Waals surface area contributed by atoms with Crippen LogP contribution in [-0.2, 0) is 9.53 Å². The zero-order valence-corrected chi connectivity index (χ0v) is 16.1. The van der Waals surface area contributed by atoms with Gasteiger partial charge in [0.2, 0.25) is 5.91 Å². The van der Waals surface area contributed by atoms with Crippen LogP contribution in [-0.4, -0.2) is 83.5 Å². The minimum absolute atomic E-state index is 0.0239. The summed E-state index contributed by atoms with van der Waals surface area (Å²) in [6, 6.07) is 7.19. The minimum atomic E-state index is -1.11. The van der Waals surface area contributed by atoms with E-state index in [0.29, 0.717) is 32.0 Å². The van der Waals surface area contributed by atoms with Crippen LogP contribution in [0.2, 0.25) is 0 Å². The van der Waals surface area contributed by atoms with Gasteiger partial charge in [-0.15, -0.1) is 0 Å². The van der Waals surface area contributed by atoms with E-state index in [0.717, 1.165) is 13.1 Å². The predicted octanol–water partition coefficient (Wildman–Crippen LogP) is -0.278. The first kappa shape index (κ1) is 20.8. The molecule has 1 atom stereocenters. The Balaban J connectivity index is 1.57. The van der Waals surface area contributed by atoms with Gasteiger partial charge in [-0.3, -0.25) is 14.5 Å². The summed E-state index contributed by atoms with van der Waals surface area (Å²) in [6.07, 6.45) is 3.62. The first-order valence-corrected chi connectivity index (χ1v) is 9.54. The van der Waals surface area contributed by atoms with E-state index in [-0.39, 0.29) is 11.3 Å². The third kappa shape index (κ3) is 5.57. The molecule has 4 N–H and O–H groups in total. The molecule has 29 heavy (non-hydrogen) atoms. The van der Waals surface area contributed by atoms with E-state index < -0.39 is 24.5 Å². The van der Waals surface area contributed by atoms with E-state index in [4.69, 9.17) is 4.74 Å². The first-order chi connectivity index (χ1) is 14.1. The average Bonchev–Trinajstić information content (AvgIpc) is 3.27. The van der Waals surface area contributed by atoms with Crippen LogP contribution in [0.4, 0.5) is 0 Å². The molecular weight excluding hydrogens is 376 g/mol. The molecule has 2 amide bonds. The number of aliphatic hydroxyl groups excluding tert-OH is 1. The molecule has 0 unspecified atom stereocenters. The number of morpholine rings is 1. The summed E-state index contributed by atoms with van der Waals surface area (Å²) >= 11 is 0. The third-order valence-electron chi connectivity index (χ3n) is 4.76. The van der Waals surface area contributed by atoms with Gasteiger partial charge in [0.05, 0.1) is 25.4 Å². The molecule has 0 spiro atoms. The lowest BCUT2D eigenvalue weighted by Gasteiger charge is -2.26. The van der Waals surface area contributed by atoms with Crippen LogP contribution in [0, 0.1) is 0 Å². The molecule has 1 aromatic heterocycles. The second-order valence-corrected chi connectivity index (χ2v) is 6.75. The average molecular weight is 402 g/mol. The number of hydrogen-bond donors (Lipinski definition) is 4. The van der Waals surface area contributed by atoms with Gasteiger partial charge < -0.3 is 30.2 Å². The summed E-state index contributed by atoms with van der Waals surface area (Å²) in [7, 11) is 0. The number of hydrogen-bond acceptors (Lipinski definition) is 6. The van der Waals surface area contributed by atoms with Gasteiger partial charge in [0.1, 0.15) is 11.8 Å². The topological polar surface area (TPSA) is 116 Å². The normalized spacial score (nSPS) is 15.6. The summed E-state index contributed by atoms with van der Waals surface area (Å²) in [4.78, 5) is 27.1. The van der Waals surface area contributed by atoms with Crippen LogP contribution in [0.3, 0.4) is 0 Å². The fourth-order valence-corrected chi connectivity index (χ4v) is 3.09. The lowest BCUT2D eigenvalue weighted by molar-refractivity contribution is -0.123. The van der Waals surface area contributed by atoms with Crippen molar-refractivity contribution in [2.45, 2.75) is 6.04 Å². The fourth-order valence-electron chi connectivity index (χ4n) is 3.09. The van der Waals surface area contributed by atoms with Crippen molar-refractivity contribution in [1.29, 1.82) is 0 Å². The molecule has 0 radical (unpaired) electrons. The Kier molecular flexibility index (Phi) is 7.23. The molecule has 1 aliphatic rings. The molecule has 9 heteroatoms. The Labute approximate surface area is 168 Å². The molecule has 9 nitrogen and oxygen atoms in total. The number of rotatable bonds is 8. The monoisotopic (exact) mass is 402 g/mol. The number of amides is 2. The van der Waals surface area contributed by atoms with Crippen molar-refractivity contribution in [1.82, 2.24) is 20.1 Å². The van der Waals surface area contributed by atoms with Crippen molar-refractivity contribution in [2.75, 3.05) is 46.0 Å². The quantitative estimate of drug-likeness (QED) is 0.483. The number of phenols is 1. The van der Waals surface area contributed by atoms with E-state index in [1.54, 1.807) is 10.6 Å². The van der Waals surface area contributed by atoms with Gasteiger partial charge in [0.25, 0.3) is 5.91 Å². The van der Waals surface area contributed by atoms with Gasteiger partial charge in [-0.1, -0.05) is 0 Å². The summed E-state index contributed by atoms with van der Waals surface area (Å²) in [5.74, 6) is -1.32. The molecule has 0 saturated carbocycles. The molecule has 2 heterocycles. The second kappa shape index (κ2) is 10.1. The van der Waals surface area contributed by atoms with Crippen molar-refractivity contribution in [3.63, 3.8) is 0 Å². The number of carbonyl (C=O) groups is 2. The maximum Gasteiger partial charge on any atom is 0.255 e. The molecule has 156 valence electrons. The SMILES string of the molecule is O=C(N[C@@H](CO)C(=O)NCCN1CCOCC1)c1cc(-n2cccc2)ccc1O. The number of carbonyl (C=O) groups excluding carboxylic acids is 2. The third-order valence-corrected chi connectivity index (χ3v) is 4.76. The Hall–Kier alpha value is -2.88. The Morgan fingerprint density at radius 1 is 1.17 bits per heavy atom. The highest BCUT2D eigenvalue weighted by molar-refractivity contribution is 6.00. The Bertz CT molecular complexity index is 818. The summed E-state index contributed by atoms with van der Waals surface area (Å²) in [5.41, 5.74) is 0.712. The van der Waals surface area contributed by atoms with Crippen LogP contribution in [0.5, 0.6) is 5.75 Å². The molecule has 3 rings (SSSR count). The van der Waals surface area contributed by atoms with Gasteiger partial charge in [0.15, 0.2) is 0 Å². The van der Waals surface area contributed by atoms with Gasteiger partial charge >= 0.3 is 0 Å². The van der Waals surface area contributed by atoms with E-state index in [9.17, 15) is 19.8 Å². The number of nitrogens with one attached hydrogen (secondary N) is 2. The molecular formula is C20H26N4O5. The smallest absolute Gasteiger partial charge is 0.255 e. The van der Waals surface area contributed by atoms with E-state index in [2.05, 4.69) is 15.5 Å². The number of nitrogens with zero attached hydrogens (tertiary/aromatic N) is 2. The zero-order valence-electron chi connectivity index (χ0n) is 16.1. The number of aromatic hydroxyl groups is 1. The number of aliphatic hydroxyl groups is 1. The minimum Gasteiger partial charge on any atom is -0.507 e. The lowest BCUT2D eigenvalue weighted by Crippen LogP contribution is -2.50. The molecule has 1 fully saturated rings. The van der Waals surface area contributed by atoms with E-state index in [1.165, 1.54) is 12.1 Å². The van der Waals surface area contributed by atoms with Crippen LogP contribution in [0.15, 0.2) is 42.7 Å². The number of aromatic nitrogens is 1. The van der Waals surface area contributed by atoms with Gasteiger partial charge in [-0.2, -0.15) is 0 Å². The first-order valence-electron chi connectivity index (χ1n) is 9.54. The maximum absolute atomic E-state index is 12.6. The lowest BCUT2D eigenvalue weighted by atomic mass is 10.1. The van der Waals surface area contributed by atoms with Gasteiger partial charge in [-0.25, -0.2) is 0 Å². The van der Waals surface area contributed by atoms with E-state index in [1.807, 2.05) is 24.5 Å². The highest BCUT2D eigenvalue weighted by Gasteiger charge is 2.22. The van der Waals surface area contributed by atoms with Crippen LogP contribution < -0.4 is 10.6 Å². The van der Waals surface area contributed by atoms with Crippen molar-refractivity contribution in [3.05, 3.63) is 48.3 Å². The molecule has 2 aromatic rings. The summed E-state index contributed by atoms with van der Waals surface area (Å²) in [6.45, 7) is 3.50. The standard InChI is InChI=1S/C20H26N4O5/c25-14-17(20(28)21-5-8-23-9-11-29-12-10-23)22-19(27)16-13-15(3-4-18(16)26)24-6-1-2-7-24/h1-4,6-7,13,17,25-26H,5,8-12,14H2,(H,21,28)(H,22,27)/t17-/m0/s1. The molecule has 0 aliphatic carbocycles.